The van der Waals surface area contributed by atoms with Crippen molar-refractivity contribution in [3.8, 4) is 0 Å². The third kappa shape index (κ3) is 4.26. The van der Waals surface area contributed by atoms with Gasteiger partial charge in [-0.25, -0.2) is 4.68 Å². The number of piperazine rings is 1. The summed E-state index contributed by atoms with van der Waals surface area (Å²) in [6.07, 6.45) is 0.478. The molecule has 9 nitrogen and oxygen atoms in total. The van der Waals surface area contributed by atoms with Crippen LogP contribution in [-0.4, -0.2) is 52.7 Å². The van der Waals surface area contributed by atoms with Crippen molar-refractivity contribution >= 4 is 34.0 Å². The Labute approximate surface area is 197 Å². The Morgan fingerprint density at radius 1 is 1.00 bits per heavy atom. The number of amides is 2. The SMILES string of the molecule is Cc1nn(C2CCC(=O)NC2=O)c(=O)c2ccc(N3CCN(Cc4ccc(N)cc4)CC3)cc12. The van der Waals surface area contributed by atoms with E-state index in [0.717, 1.165) is 49.5 Å². The van der Waals surface area contributed by atoms with Gasteiger partial charge in [0.1, 0.15) is 6.04 Å². The predicted molar refractivity (Wildman–Crippen MR) is 131 cm³/mol. The molecule has 0 spiro atoms. The quantitative estimate of drug-likeness (QED) is 0.449. The van der Waals surface area contributed by atoms with E-state index in [1.165, 1.54) is 10.2 Å². The van der Waals surface area contributed by atoms with E-state index in [-0.39, 0.29) is 24.3 Å². The summed E-state index contributed by atoms with van der Waals surface area (Å²) in [5, 5.41) is 8.07. The molecule has 1 atom stereocenters. The number of aromatic nitrogens is 2. The molecule has 0 radical (unpaired) electrons. The summed E-state index contributed by atoms with van der Waals surface area (Å²) in [6.45, 7) is 6.40. The summed E-state index contributed by atoms with van der Waals surface area (Å²) in [6, 6.07) is 13.1. The van der Waals surface area contributed by atoms with Gasteiger partial charge in [-0.1, -0.05) is 12.1 Å². The fourth-order valence-electron chi connectivity index (χ4n) is 4.77. The number of fused-ring (bicyclic) bond motifs is 1. The van der Waals surface area contributed by atoms with Gasteiger partial charge in [0.25, 0.3) is 11.5 Å². The summed E-state index contributed by atoms with van der Waals surface area (Å²) in [4.78, 5) is 41.6. The molecule has 0 bridgehead atoms. The minimum absolute atomic E-state index is 0.199. The molecule has 2 aliphatic rings. The van der Waals surface area contributed by atoms with E-state index < -0.39 is 11.9 Å². The summed E-state index contributed by atoms with van der Waals surface area (Å²) in [5.41, 5.74) is 9.24. The summed E-state index contributed by atoms with van der Waals surface area (Å²) in [5.74, 6) is -0.789. The maximum absolute atomic E-state index is 13.1. The zero-order chi connectivity index (χ0) is 23.8. The number of imide groups is 1. The number of hydrogen-bond donors (Lipinski definition) is 2. The molecule has 1 aromatic heterocycles. The fraction of sp³-hybridized carbons (Fsp3) is 0.360. The van der Waals surface area contributed by atoms with Crippen LogP contribution in [0.15, 0.2) is 47.3 Å². The Balaban J connectivity index is 1.33. The molecule has 9 heteroatoms. The minimum Gasteiger partial charge on any atom is -0.399 e. The van der Waals surface area contributed by atoms with Gasteiger partial charge in [0, 0.05) is 55.9 Å². The molecule has 2 saturated heterocycles. The molecular weight excluding hydrogens is 432 g/mol. The lowest BCUT2D eigenvalue weighted by atomic mass is 10.1. The molecule has 2 aliphatic heterocycles. The van der Waals surface area contributed by atoms with Gasteiger partial charge in [-0.05, 0) is 49.2 Å². The van der Waals surface area contributed by atoms with Crippen LogP contribution in [0.1, 0.15) is 30.1 Å². The number of nitrogens with two attached hydrogens (primary N) is 1. The van der Waals surface area contributed by atoms with Crippen LogP contribution in [0.4, 0.5) is 11.4 Å². The van der Waals surface area contributed by atoms with Crippen LogP contribution in [0.2, 0.25) is 0 Å². The Morgan fingerprint density at radius 2 is 1.74 bits per heavy atom. The Kier molecular flexibility index (Phi) is 5.79. The number of nitrogen functional groups attached to an aromatic ring is 1. The van der Waals surface area contributed by atoms with Crippen molar-refractivity contribution in [2.75, 3.05) is 36.8 Å². The Bertz CT molecular complexity index is 1310. The second-order valence-corrected chi connectivity index (χ2v) is 9.04. The van der Waals surface area contributed by atoms with E-state index in [2.05, 4.69) is 32.3 Å². The van der Waals surface area contributed by atoms with E-state index >= 15 is 0 Å². The molecule has 5 rings (SSSR count). The Hall–Kier alpha value is -3.72. The lowest BCUT2D eigenvalue weighted by molar-refractivity contribution is -0.136. The molecule has 3 aromatic rings. The van der Waals surface area contributed by atoms with Crippen LogP contribution in [0.5, 0.6) is 0 Å². The maximum Gasteiger partial charge on any atom is 0.275 e. The predicted octanol–water partition coefficient (Wildman–Crippen LogP) is 1.59. The second-order valence-electron chi connectivity index (χ2n) is 9.04. The number of anilines is 2. The number of nitrogens with zero attached hydrogens (tertiary/aromatic N) is 4. The van der Waals surface area contributed by atoms with Gasteiger partial charge in [-0.15, -0.1) is 0 Å². The van der Waals surface area contributed by atoms with Crippen LogP contribution in [0.25, 0.3) is 10.8 Å². The van der Waals surface area contributed by atoms with Gasteiger partial charge in [-0.2, -0.15) is 5.10 Å². The summed E-state index contributed by atoms with van der Waals surface area (Å²) in [7, 11) is 0. The monoisotopic (exact) mass is 460 g/mol. The molecule has 2 aromatic carbocycles. The van der Waals surface area contributed by atoms with Crippen molar-refractivity contribution in [1.82, 2.24) is 20.0 Å². The number of carbonyl (C=O) groups excluding carboxylic acids is 2. The van der Waals surface area contributed by atoms with Gasteiger partial charge >= 0.3 is 0 Å². The zero-order valence-electron chi connectivity index (χ0n) is 19.2. The van der Waals surface area contributed by atoms with Crippen LogP contribution < -0.4 is 21.5 Å². The lowest BCUT2D eigenvalue weighted by Gasteiger charge is -2.36. The van der Waals surface area contributed by atoms with Crippen LogP contribution in [0, 0.1) is 6.92 Å². The summed E-state index contributed by atoms with van der Waals surface area (Å²) >= 11 is 0. The first-order valence-corrected chi connectivity index (χ1v) is 11.6. The molecule has 176 valence electrons. The van der Waals surface area contributed by atoms with Crippen LogP contribution in [0.3, 0.4) is 0 Å². The number of benzene rings is 2. The lowest BCUT2D eigenvalue weighted by Crippen LogP contribution is -2.46. The van der Waals surface area contributed by atoms with Crippen molar-refractivity contribution in [2.45, 2.75) is 32.4 Å². The van der Waals surface area contributed by atoms with Gasteiger partial charge in [0.15, 0.2) is 0 Å². The number of hydrogen-bond acceptors (Lipinski definition) is 7. The fourth-order valence-corrected chi connectivity index (χ4v) is 4.77. The average Bonchev–Trinajstić information content (AvgIpc) is 2.83. The molecule has 3 heterocycles. The third-order valence-corrected chi connectivity index (χ3v) is 6.72. The molecular formula is C25H28N6O3. The largest absolute Gasteiger partial charge is 0.399 e. The number of rotatable bonds is 4. The van der Waals surface area contributed by atoms with Crippen LogP contribution >= 0.6 is 0 Å². The van der Waals surface area contributed by atoms with Crippen molar-refractivity contribution in [2.24, 2.45) is 0 Å². The minimum atomic E-state index is -0.762. The number of piperidine rings is 1. The first-order valence-electron chi connectivity index (χ1n) is 11.6. The highest BCUT2D eigenvalue weighted by Gasteiger charge is 2.30. The van der Waals surface area contributed by atoms with E-state index in [0.29, 0.717) is 11.1 Å². The average molecular weight is 461 g/mol. The van der Waals surface area contributed by atoms with E-state index in [1.54, 1.807) is 0 Å². The van der Waals surface area contributed by atoms with Crippen molar-refractivity contribution in [3.05, 3.63) is 64.1 Å². The maximum atomic E-state index is 13.1. The van der Waals surface area contributed by atoms with Crippen LogP contribution in [-0.2, 0) is 16.1 Å². The van der Waals surface area contributed by atoms with E-state index in [9.17, 15) is 14.4 Å². The van der Waals surface area contributed by atoms with Gasteiger partial charge in [-0.3, -0.25) is 24.6 Å². The third-order valence-electron chi connectivity index (χ3n) is 6.72. The highest BCUT2D eigenvalue weighted by atomic mass is 16.2. The first-order chi connectivity index (χ1) is 16.4. The normalized spacial score (nSPS) is 19.4. The number of nitrogens with one attached hydrogen (secondary N) is 1. The number of aryl methyl sites for hydroxylation is 1. The second kappa shape index (κ2) is 8.90. The molecule has 2 amide bonds. The molecule has 0 saturated carbocycles. The molecule has 0 aliphatic carbocycles. The van der Waals surface area contributed by atoms with E-state index in [1.807, 2.05) is 37.3 Å². The first kappa shape index (κ1) is 22.1. The zero-order valence-corrected chi connectivity index (χ0v) is 19.2. The summed E-state index contributed by atoms with van der Waals surface area (Å²) < 4.78 is 1.23. The highest BCUT2D eigenvalue weighted by molar-refractivity contribution is 5.99. The van der Waals surface area contributed by atoms with Gasteiger partial charge < -0.3 is 10.6 Å². The van der Waals surface area contributed by atoms with Crippen molar-refractivity contribution in [1.29, 1.82) is 0 Å². The van der Waals surface area contributed by atoms with E-state index in [4.69, 9.17) is 5.73 Å². The molecule has 1 unspecified atom stereocenters. The van der Waals surface area contributed by atoms with Gasteiger partial charge in [0.2, 0.25) is 5.91 Å². The molecule has 3 N–H and O–H groups in total. The van der Waals surface area contributed by atoms with Gasteiger partial charge in [0.05, 0.1) is 11.1 Å². The Morgan fingerprint density at radius 3 is 2.44 bits per heavy atom. The standard InChI is InChI=1S/C25H28N6O3/c1-16-21-14-19(30-12-10-29(11-13-30)15-17-2-4-18(26)5-3-17)6-7-20(21)25(34)31(28-16)22-8-9-23(32)27-24(22)33/h2-7,14,22H,8-13,15,26H2,1H3,(H,27,32,33). The molecule has 34 heavy (non-hydrogen) atoms. The highest BCUT2D eigenvalue weighted by Crippen LogP contribution is 2.25. The number of carbonyl (C=O) groups is 2. The topological polar surface area (TPSA) is 114 Å². The smallest absolute Gasteiger partial charge is 0.275 e. The van der Waals surface area contributed by atoms with Crippen molar-refractivity contribution < 1.29 is 9.59 Å². The molecule has 2 fully saturated rings. The van der Waals surface area contributed by atoms with Crippen molar-refractivity contribution in [3.63, 3.8) is 0 Å².